The number of carbonyl (C=O) groups excluding carboxylic acids is 1. The highest BCUT2D eigenvalue weighted by atomic mass is 16.5. The molecule has 0 spiro atoms. The van der Waals surface area contributed by atoms with Gasteiger partial charge in [-0.3, -0.25) is 0 Å². The number of esters is 1. The number of benzene rings is 2. The minimum Gasteiger partial charge on any atom is -0.462 e. The van der Waals surface area contributed by atoms with Crippen LogP contribution in [0, 0.1) is 12.3 Å². The summed E-state index contributed by atoms with van der Waals surface area (Å²) in [7, 11) is 0. The summed E-state index contributed by atoms with van der Waals surface area (Å²) in [6.45, 7) is 2.70. The lowest BCUT2D eigenvalue weighted by atomic mass is 10.0. The van der Waals surface area contributed by atoms with Gasteiger partial charge in [0.2, 0.25) is 0 Å². The molecular weight excluding hydrogens is 284 g/mol. The molecule has 0 radical (unpaired) electrons. The van der Waals surface area contributed by atoms with Gasteiger partial charge >= 0.3 is 5.97 Å². The van der Waals surface area contributed by atoms with Gasteiger partial charge in [-0.2, -0.15) is 0 Å². The fraction of sp³-hybridized carbons (Fsp3) is 0.381. The summed E-state index contributed by atoms with van der Waals surface area (Å²) >= 11 is 0. The molecule has 0 aliphatic rings. The van der Waals surface area contributed by atoms with Crippen LogP contribution < -0.4 is 0 Å². The number of carbonyl (C=O) groups is 1. The first-order valence-electron chi connectivity index (χ1n) is 8.42. The minimum absolute atomic E-state index is 0.258. The third-order valence-corrected chi connectivity index (χ3v) is 4.00. The topological polar surface area (TPSA) is 26.3 Å². The van der Waals surface area contributed by atoms with Crippen LogP contribution in [0.15, 0.2) is 36.4 Å². The van der Waals surface area contributed by atoms with Crippen LogP contribution in [0.4, 0.5) is 0 Å². The normalized spacial score (nSPS) is 10.4. The van der Waals surface area contributed by atoms with Crippen molar-refractivity contribution in [2.45, 2.75) is 45.4 Å². The molecular formula is C21H24O2. The maximum absolute atomic E-state index is 12.1. The molecule has 0 fully saturated rings. The van der Waals surface area contributed by atoms with Gasteiger partial charge in [0.1, 0.15) is 0 Å². The first-order valence-corrected chi connectivity index (χ1v) is 8.42. The fourth-order valence-corrected chi connectivity index (χ4v) is 2.67. The Kier molecular flexibility index (Phi) is 6.69. The van der Waals surface area contributed by atoms with Gasteiger partial charge in [0.05, 0.1) is 12.2 Å². The summed E-state index contributed by atoms with van der Waals surface area (Å²) in [5.74, 6) is 2.41. The molecule has 2 rings (SSSR count). The first-order chi connectivity index (χ1) is 11.3. The summed E-state index contributed by atoms with van der Waals surface area (Å²) in [4.78, 5) is 12.1. The molecule has 120 valence electrons. The Morgan fingerprint density at radius 3 is 2.65 bits per heavy atom. The number of hydrogen-bond donors (Lipinski definition) is 0. The lowest BCUT2D eigenvalue weighted by molar-refractivity contribution is 0.0498. The molecule has 0 unspecified atom stereocenters. The number of hydrogen-bond acceptors (Lipinski definition) is 2. The van der Waals surface area contributed by atoms with Crippen molar-refractivity contribution in [3.05, 3.63) is 47.5 Å². The molecule has 0 saturated heterocycles. The second kappa shape index (κ2) is 9.00. The summed E-state index contributed by atoms with van der Waals surface area (Å²) in [6.07, 6.45) is 12.6. The lowest BCUT2D eigenvalue weighted by Crippen LogP contribution is -2.06. The number of fused-ring (bicyclic) bond motifs is 1. The van der Waals surface area contributed by atoms with Crippen molar-refractivity contribution in [1.82, 2.24) is 0 Å². The van der Waals surface area contributed by atoms with E-state index >= 15 is 0 Å². The Bertz CT molecular complexity index is 695. The van der Waals surface area contributed by atoms with Crippen molar-refractivity contribution in [3.63, 3.8) is 0 Å². The number of ether oxygens (including phenoxy) is 1. The summed E-state index contributed by atoms with van der Waals surface area (Å²) in [5, 5.41) is 1.96. The molecule has 0 heterocycles. The molecule has 2 heteroatoms. The Hall–Kier alpha value is -2.27. The van der Waals surface area contributed by atoms with E-state index in [-0.39, 0.29) is 5.97 Å². The number of rotatable bonds is 8. The Morgan fingerprint density at radius 1 is 1.09 bits per heavy atom. The van der Waals surface area contributed by atoms with Gasteiger partial charge in [-0.25, -0.2) is 4.79 Å². The molecule has 2 nitrogen and oxygen atoms in total. The average molecular weight is 308 g/mol. The summed E-state index contributed by atoms with van der Waals surface area (Å²) in [6, 6.07) is 11.3. The van der Waals surface area contributed by atoms with Gasteiger partial charge in [-0.1, -0.05) is 63.1 Å². The van der Waals surface area contributed by atoms with Gasteiger partial charge in [-0.15, -0.1) is 6.42 Å². The molecule has 0 aliphatic heterocycles. The second-order valence-electron chi connectivity index (χ2n) is 5.79. The lowest BCUT2D eigenvalue weighted by Gasteiger charge is -2.07. The van der Waals surface area contributed by atoms with E-state index in [1.807, 2.05) is 30.3 Å². The highest BCUT2D eigenvalue weighted by Crippen LogP contribution is 2.20. The molecule has 0 aromatic heterocycles. The van der Waals surface area contributed by atoms with E-state index < -0.39 is 0 Å². The molecule has 0 atom stereocenters. The number of unbranched alkanes of at least 4 members (excludes halogenated alkanes) is 5. The first kappa shape index (κ1) is 17.1. The van der Waals surface area contributed by atoms with Crippen LogP contribution in [0.3, 0.4) is 0 Å². The van der Waals surface area contributed by atoms with E-state index in [0.29, 0.717) is 12.2 Å². The molecule has 0 aliphatic carbocycles. The van der Waals surface area contributed by atoms with Crippen LogP contribution in [0.25, 0.3) is 10.8 Å². The Morgan fingerprint density at radius 2 is 1.87 bits per heavy atom. The average Bonchev–Trinajstić information content (AvgIpc) is 2.59. The van der Waals surface area contributed by atoms with Crippen LogP contribution in [0.5, 0.6) is 0 Å². The van der Waals surface area contributed by atoms with Crippen LogP contribution in [-0.2, 0) is 4.74 Å². The largest absolute Gasteiger partial charge is 0.462 e. The van der Waals surface area contributed by atoms with Crippen molar-refractivity contribution in [1.29, 1.82) is 0 Å². The molecule has 0 N–H and O–H groups in total. The van der Waals surface area contributed by atoms with Crippen molar-refractivity contribution in [2.24, 2.45) is 0 Å². The summed E-state index contributed by atoms with van der Waals surface area (Å²) in [5.41, 5.74) is 1.42. The monoisotopic (exact) mass is 308 g/mol. The third-order valence-electron chi connectivity index (χ3n) is 4.00. The van der Waals surface area contributed by atoms with Crippen molar-refractivity contribution >= 4 is 16.7 Å². The Labute approximate surface area is 138 Å². The second-order valence-corrected chi connectivity index (χ2v) is 5.79. The fourth-order valence-electron chi connectivity index (χ4n) is 2.67. The van der Waals surface area contributed by atoms with E-state index in [1.54, 1.807) is 6.07 Å². The third kappa shape index (κ3) is 4.86. The van der Waals surface area contributed by atoms with Crippen LogP contribution in [-0.4, -0.2) is 12.6 Å². The highest BCUT2D eigenvalue weighted by Gasteiger charge is 2.08. The SMILES string of the molecule is C#Cc1cccc2cc(C(=O)OCCCCCCCC)ccc12. The highest BCUT2D eigenvalue weighted by molar-refractivity contribution is 5.97. The zero-order valence-electron chi connectivity index (χ0n) is 13.8. The van der Waals surface area contributed by atoms with Crippen LogP contribution in [0.2, 0.25) is 0 Å². The van der Waals surface area contributed by atoms with E-state index in [0.717, 1.165) is 29.2 Å². The molecule has 2 aromatic rings. The van der Waals surface area contributed by atoms with Gasteiger partial charge < -0.3 is 4.74 Å². The van der Waals surface area contributed by atoms with Crippen molar-refractivity contribution in [3.8, 4) is 12.3 Å². The quantitative estimate of drug-likeness (QED) is 0.374. The standard InChI is InChI=1S/C21H24O2/c1-3-5-6-7-8-9-15-23-21(22)19-13-14-20-17(4-2)11-10-12-18(20)16-19/h2,10-14,16H,3,5-9,15H2,1H3. The molecule has 0 saturated carbocycles. The summed E-state index contributed by atoms with van der Waals surface area (Å²) < 4.78 is 5.36. The van der Waals surface area contributed by atoms with Crippen LogP contribution >= 0.6 is 0 Å². The van der Waals surface area contributed by atoms with Gasteiger partial charge in [0.15, 0.2) is 0 Å². The van der Waals surface area contributed by atoms with Gasteiger partial charge in [0, 0.05) is 5.56 Å². The zero-order chi connectivity index (χ0) is 16.5. The van der Waals surface area contributed by atoms with Crippen molar-refractivity contribution < 1.29 is 9.53 Å². The van der Waals surface area contributed by atoms with Crippen molar-refractivity contribution in [2.75, 3.05) is 6.61 Å². The van der Waals surface area contributed by atoms with E-state index in [1.165, 1.54) is 25.7 Å². The van der Waals surface area contributed by atoms with E-state index in [9.17, 15) is 4.79 Å². The molecule has 0 amide bonds. The van der Waals surface area contributed by atoms with Gasteiger partial charge in [0.25, 0.3) is 0 Å². The number of terminal acetylenes is 1. The predicted molar refractivity (Wildman–Crippen MR) is 95.5 cm³/mol. The van der Waals surface area contributed by atoms with Crippen LogP contribution in [0.1, 0.15) is 61.4 Å². The van der Waals surface area contributed by atoms with E-state index in [2.05, 4.69) is 12.8 Å². The van der Waals surface area contributed by atoms with E-state index in [4.69, 9.17) is 11.2 Å². The molecule has 2 aromatic carbocycles. The maximum Gasteiger partial charge on any atom is 0.338 e. The zero-order valence-corrected chi connectivity index (χ0v) is 13.8. The smallest absolute Gasteiger partial charge is 0.338 e. The predicted octanol–water partition coefficient (Wildman–Crippen LogP) is 5.34. The maximum atomic E-state index is 12.1. The van der Waals surface area contributed by atoms with Gasteiger partial charge in [-0.05, 0) is 35.4 Å². The Balaban J connectivity index is 1.88. The molecule has 0 bridgehead atoms. The molecule has 23 heavy (non-hydrogen) atoms. The minimum atomic E-state index is -0.258.